The third-order valence-electron chi connectivity index (χ3n) is 44.5. The summed E-state index contributed by atoms with van der Waals surface area (Å²) in [6, 6.07) is 0. The van der Waals surface area contributed by atoms with Gasteiger partial charge in [0.1, 0.15) is 24.4 Å². The quantitative estimate of drug-likeness (QED) is 0.0471. The van der Waals surface area contributed by atoms with Gasteiger partial charge in [0.15, 0.2) is 0 Å². The molecular formula is C116H192N4O8. The fourth-order valence-corrected chi connectivity index (χ4v) is 38.3. The molecular weight excluding hydrogens is 1580 g/mol. The van der Waals surface area contributed by atoms with Crippen molar-refractivity contribution >= 4 is 46.7 Å². The summed E-state index contributed by atoms with van der Waals surface area (Å²) in [5.41, 5.74) is 7.50. The van der Waals surface area contributed by atoms with E-state index in [1.807, 2.05) is 0 Å². The molecule has 0 aromatic heterocycles. The maximum absolute atomic E-state index is 12.4. The molecule has 0 saturated heterocycles. The predicted octanol–water partition coefficient (Wildman–Crippen LogP) is 30.2. The van der Waals surface area contributed by atoms with Crippen molar-refractivity contribution in [3.8, 4) is 0 Å². The first-order chi connectivity index (χ1) is 60.6. The molecule has 0 aromatic rings. The van der Waals surface area contributed by atoms with E-state index in [0.29, 0.717) is 92.7 Å². The minimum absolute atomic E-state index is 0.0362. The van der Waals surface area contributed by atoms with E-state index in [-0.39, 0.29) is 70.0 Å². The standard InChI is InChI=1S/2C58H96N2O4/c2*1-35(2)15-13-17-37(5)45-19-21-47-43-33-53(51-31-41(63-39(7)61)23-27-57(51,11)49(43)25-29-55(45,47)9)59-60-54-34-44-48-22-20-46(38(6)18-14-16-36(3)4)56(48,10)30-26-50(44)58(12)28-24-42(32-52(54)58)64-40(8)62/h2*35-38,41-52H,13-34H2,1-12H3/b2*59-53+,60-54+/t2*37-,38-,41+,42+,43+,44+,45-,46-,47+,48+,49+,50+,51-,52-,55-,56-,57-,58-/m11/s1. The number of ether oxygens (including phenoxy) is 4. The van der Waals surface area contributed by atoms with Crippen molar-refractivity contribution in [2.75, 3.05) is 0 Å². The van der Waals surface area contributed by atoms with Crippen LogP contribution in [0.5, 0.6) is 0 Å². The van der Waals surface area contributed by atoms with Crippen LogP contribution in [0.15, 0.2) is 20.4 Å². The normalized spacial score (nSPS) is 46.1. The molecule has 0 unspecified atom stereocenters. The Hall–Kier alpha value is -3.44. The van der Waals surface area contributed by atoms with Crippen molar-refractivity contribution in [3.05, 3.63) is 0 Å². The van der Waals surface area contributed by atoms with Crippen LogP contribution in [-0.4, -0.2) is 71.1 Å². The molecule has 0 spiro atoms. The summed E-state index contributed by atoms with van der Waals surface area (Å²) in [6.07, 6.45) is 54.1. The molecule has 16 rings (SSSR count). The molecule has 0 aliphatic heterocycles. The Morgan fingerprint density at radius 1 is 0.258 bits per heavy atom. The van der Waals surface area contributed by atoms with Crippen LogP contribution in [-0.2, 0) is 38.1 Å². The van der Waals surface area contributed by atoms with Crippen LogP contribution in [0.1, 0.15) is 449 Å². The third kappa shape index (κ3) is 19.3. The molecule has 36 atom stereocenters. The maximum atomic E-state index is 12.4. The minimum Gasteiger partial charge on any atom is -0.463 e. The second-order valence-electron chi connectivity index (χ2n) is 53.1. The number of carbonyl (C=O) groups excluding carboxylic acids is 4. The Bertz CT molecular complexity index is 3470. The molecule has 16 fully saturated rings. The largest absolute Gasteiger partial charge is 0.463 e. The summed E-state index contributed by atoms with van der Waals surface area (Å²) in [4.78, 5) is 49.7. The van der Waals surface area contributed by atoms with Crippen LogP contribution in [0.25, 0.3) is 0 Å². The van der Waals surface area contributed by atoms with Gasteiger partial charge in [-0.05, 0) is 391 Å². The van der Waals surface area contributed by atoms with E-state index in [1.54, 1.807) is 27.7 Å². The summed E-state index contributed by atoms with van der Waals surface area (Å²) in [5.74, 6) is 18.5. The molecule has 16 aliphatic carbocycles. The second-order valence-corrected chi connectivity index (χ2v) is 53.1. The lowest BCUT2D eigenvalue weighted by atomic mass is 9.44. The van der Waals surface area contributed by atoms with E-state index in [4.69, 9.17) is 39.4 Å². The maximum Gasteiger partial charge on any atom is 0.302 e. The van der Waals surface area contributed by atoms with E-state index < -0.39 is 0 Å². The summed E-state index contributed by atoms with van der Waals surface area (Å²) < 4.78 is 24.2. The van der Waals surface area contributed by atoms with Gasteiger partial charge in [0.05, 0.1) is 0 Å². The molecule has 16 saturated carbocycles. The molecule has 0 aromatic carbocycles. The molecule has 724 valence electrons. The highest BCUT2D eigenvalue weighted by Gasteiger charge is 2.69. The highest BCUT2D eigenvalue weighted by atomic mass is 16.6. The van der Waals surface area contributed by atoms with Crippen LogP contribution in [0.3, 0.4) is 0 Å². The topological polar surface area (TPSA) is 155 Å². The number of fused-ring (bicyclic) bond motifs is 20. The number of hydrogen-bond donors (Lipinski definition) is 0. The van der Waals surface area contributed by atoms with E-state index in [1.165, 1.54) is 203 Å². The second kappa shape index (κ2) is 39.6. The van der Waals surface area contributed by atoms with E-state index >= 15 is 0 Å². The average molecular weight is 1770 g/mol. The Labute approximate surface area is 782 Å². The lowest BCUT2D eigenvalue weighted by Gasteiger charge is -2.61. The average Bonchev–Trinajstić information content (AvgIpc) is 1.43. The summed E-state index contributed by atoms with van der Waals surface area (Å²) in [5, 5.41) is 22.7. The summed E-state index contributed by atoms with van der Waals surface area (Å²) >= 11 is 0. The van der Waals surface area contributed by atoms with Gasteiger partial charge in [-0.15, -0.1) is 0 Å². The van der Waals surface area contributed by atoms with Crippen molar-refractivity contribution in [1.82, 2.24) is 0 Å². The van der Waals surface area contributed by atoms with E-state index in [9.17, 15) is 19.2 Å². The first-order valence-electron chi connectivity index (χ1n) is 55.5. The van der Waals surface area contributed by atoms with Gasteiger partial charge < -0.3 is 18.9 Å². The number of rotatable bonds is 26. The highest BCUT2D eigenvalue weighted by molar-refractivity contribution is 5.94. The molecule has 0 N–H and O–H groups in total. The number of carbonyl (C=O) groups is 4. The zero-order valence-electron chi connectivity index (χ0n) is 86.6. The van der Waals surface area contributed by atoms with Crippen molar-refractivity contribution in [2.45, 2.75) is 473 Å². The SMILES string of the molecule is CC(=O)O[C@H]1CC[C@@]2(C)[C@H](C1)/C(=N/N=C1\C[C@@H]3[C@H](CC[C@]4(C)[C@@H]([C@H](C)CCCC(C)C)CC[C@@H]34)[C@@]3(C)CC[C@H](OC(C)=O)C[C@H]13)C[C@@H]1[C@@H]2CC[C@]2(C)[C@@H]([C@H](C)CCCC(C)C)CC[C@@H]12.CC(=O)O[C@H]1CC[C@@]2(C)[C@H](C1)/C(=N/N=C1\C[C@@H]3[C@H](CC[C@]4(C)[C@@H]([C@H](C)CCCC(C)C)CC[C@@H]34)[C@@]3(C)CC[C@H](OC(C)=O)C[C@H]13)C[C@@H]1[C@@H]2CC[C@]2(C)[C@@H]([C@H](C)CCCC(C)C)CC[C@@H]12. The smallest absolute Gasteiger partial charge is 0.302 e. The Morgan fingerprint density at radius 2 is 0.438 bits per heavy atom. The highest BCUT2D eigenvalue weighted by Crippen LogP contribution is 2.74. The van der Waals surface area contributed by atoms with E-state index in [2.05, 4.69) is 138 Å². The summed E-state index contributed by atoms with van der Waals surface area (Å²) in [7, 11) is 0. The van der Waals surface area contributed by atoms with Crippen molar-refractivity contribution in [1.29, 1.82) is 0 Å². The fraction of sp³-hybridized carbons (Fsp3) is 0.931. The van der Waals surface area contributed by atoms with Crippen LogP contribution in [0.2, 0.25) is 0 Å². The lowest BCUT2D eigenvalue weighted by Crippen LogP contribution is -2.58. The Balaban J connectivity index is 0.000000197. The Morgan fingerprint density at radius 3 is 0.617 bits per heavy atom. The first kappa shape index (κ1) is 99.1. The molecule has 0 amide bonds. The molecule has 16 aliphatic rings. The summed E-state index contributed by atoms with van der Waals surface area (Å²) in [6.45, 7) is 57.1. The molecule has 0 radical (unpaired) electrons. The zero-order valence-corrected chi connectivity index (χ0v) is 86.6. The molecule has 0 heterocycles. The third-order valence-corrected chi connectivity index (χ3v) is 44.5. The van der Waals surface area contributed by atoms with Crippen LogP contribution >= 0.6 is 0 Å². The molecule has 0 bridgehead atoms. The molecule has 12 nitrogen and oxygen atoms in total. The van der Waals surface area contributed by atoms with Crippen LogP contribution in [0.4, 0.5) is 0 Å². The van der Waals surface area contributed by atoms with Gasteiger partial charge in [0.2, 0.25) is 0 Å². The number of nitrogens with zero attached hydrogens (tertiary/aromatic N) is 4. The molecule has 12 heteroatoms. The lowest BCUT2D eigenvalue weighted by molar-refractivity contribution is -0.154. The van der Waals surface area contributed by atoms with Gasteiger partial charge in [-0.2, -0.15) is 20.4 Å². The van der Waals surface area contributed by atoms with Crippen LogP contribution in [0, 0.1) is 209 Å². The van der Waals surface area contributed by atoms with Gasteiger partial charge in [0, 0.05) is 74.2 Å². The molecule has 128 heavy (non-hydrogen) atoms. The first-order valence-corrected chi connectivity index (χ1v) is 55.5. The van der Waals surface area contributed by atoms with Gasteiger partial charge in [-0.25, -0.2) is 0 Å². The monoisotopic (exact) mass is 1770 g/mol. The zero-order chi connectivity index (χ0) is 91.9. The van der Waals surface area contributed by atoms with Gasteiger partial charge in [0.25, 0.3) is 0 Å². The van der Waals surface area contributed by atoms with Gasteiger partial charge in [-0.1, -0.05) is 216 Å². The number of esters is 4. The van der Waals surface area contributed by atoms with Crippen molar-refractivity contribution < 1.29 is 38.1 Å². The van der Waals surface area contributed by atoms with Crippen molar-refractivity contribution in [3.63, 3.8) is 0 Å². The van der Waals surface area contributed by atoms with Gasteiger partial charge in [-0.3, -0.25) is 19.2 Å². The Kier molecular flexibility index (Phi) is 30.6. The minimum atomic E-state index is -0.150. The van der Waals surface area contributed by atoms with E-state index in [0.717, 1.165) is 197 Å². The van der Waals surface area contributed by atoms with Gasteiger partial charge >= 0.3 is 23.9 Å². The number of hydrogen-bond acceptors (Lipinski definition) is 12. The van der Waals surface area contributed by atoms with Crippen molar-refractivity contribution in [2.24, 2.45) is 229 Å². The predicted molar refractivity (Wildman–Crippen MR) is 526 cm³/mol. The fourth-order valence-electron chi connectivity index (χ4n) is 38.3. The van der Waals surface area contributed by atoms with Crippen LogP contribution < -0.4 is 0 Å².